The van der Waals surface area contributed by atoms with Gasteiger partial charge in [-0.3, -0.25) is 0 Å². The summed E-state index contributed by atoms with van der Waals surface area (Å²) in [5.74, 6) is 1.13. The molecule has 2 N–H and O–H groups in total. The number of rotatable bonds is 4. The van der Waals surface area contributed by atoms with Crippen LogP contribution in [0.3, 0.4) is 0 Å². The molecular formula is C13H18N2OS2. The maximum atomic E-state index is 5.29. The monoisotopic (exact) mass is 282 g/mol. The van der Waals surface area contributed by atoms with E-state index in [9.17, 15) is 0 Å². The first-order valence-electron chi connectivity index (χ1n) is 6.06. The van der Waals surface area contributed by atoms with Crippen LogP contribution in [0.5, 0.6) is 0 Å². The van der Waals surface area contributed by atoms with Gasteiger partial charge in [0, 0.05) is 24.3 Å². The highest BCUT2D eigenvalue weighted by Gasteiger charge is 2.20. The standard InChI is InChI=1S/C13H18N2OS2/c1-16-8-7-14-13(17)15-11-6-9-18-12-5-3-2-4-10(11)12/h2-5,11H,6-9H2,1H3,(H2,14,15,17)/t11-/m1/s1. The lowest BCUT2D eigenvalue weighted by Crippen LogP contribution is -2.40. The minimum absolute atomic E-state index is 0.324. The molecule has 5 heteroatoms. The van der Waals surface area contributed by atoms with Crippen molar-refractivity contribution in [2.75, 3.05) is 26.0 Å². The first kappa shape index (κ1) is 13.6. The van der Waals surface area contributed by atoms with Gasteiger partial charge >= 0.3 is 0 Å². The van der Waals surface area contributed by atoms with Gasteiger partial charge in [-0.1, -0.05) is 18.2 Å². The molecule has 0 bridgehead atoms. The lowest BCUT2D eigenvalue weighted by Gasteiger charge is -2.27. The third-order valence-electron chi connectivity index (χ3n) is 2.86. The van der Waals surface area contributed by atoms with E-state index in [-0.39, 0.29) is 0 Å². The van der Waals surface area contributed by atoms with Crippen LogP contribution in [0.1, 0.15) is 18.0 Å². The van der Waals surface area contributed by atoms with Crippen LogP contribution in [-0.4, -0.2) is 31.1 Å². The average Bonchev–Trinajstić information content (AvgIpc) is 2.39. The quantitative estimate of drug-likeness (QED) is 0.654. The molecule has 18 heavy (non-hydrogen) atoms. The second-order valence-electron chi connectivity index (χ2n) is 4.12. The van der Waals surface area contributed by atoms with Crippen LogP contribution in [0.2, 0.25) is 0 Å². The van der Waals surface area contributed by atoms with E-state index in [1.807, 2.05) is 11.8 Å². The molecule has 1 heterocycles. The van der Waals surface area contributed by atoms with Gasteiger partial charge < -0.3 is 15.4 Å². The summed E-state index contributed by atoms with van der Waals surface area (Å²) in [6.45, 7) is 1.41. The van der Waals surface area contributed by atoms with Crippen molar-refractivity contribution in [2.45, 2.75) is 17.4 Å². The van der Waals surface area contributed by atoms with Crippen LogP contribution < -0.4 is 10.6 Å². The molecule has 0 saturated carbocycles. The molecule has 0 radical (unpaired) electrons. The Labute approximate surface area is 118 Å². The Morgan fingerprint density at radius 3 is 3.17 bits per heavy atom. The van der Waals surface area contributed by atoms with E-state index < -0.39 is 0 Å². The van der Waals surface area contributed by atoms with E-state index >= 15 is 0 Å². The Hall–Kier alpha value is -0.780. The molecule has 1 aliphatic heterocycles. The maximum absolute atomic E-state index is 5.29. The second kappa shape index (κ2) is 6.97. The number of ether oxygens (including phenoxy) is 1. The van der Waals surface area contributed by atoms with Crippen LogP contribution in [0, 0.1) is 0 Å². The molecule has 3 nitrogen and oxygen atoms in total. The normalized spacial score (nSPS) is 17.9. The summed E-state index contributed by atoms with van der Waals surface area (Å²) >= 11 is 7.21. The van der Waals surface area contributed by atoms with Crippen molar-refractivity contribution >= 4 is 29.1 Å². The molecule has 0 amide bonds. The number of methoxy groups -OCH3 is 1. The molecule has 1 atom stereocenters. The number of hydrogen-bond acceptors (Lipinski definition) is 3. The van der Waals surface area contributed by atoms with Gasteiger partial charge in [0.1, 0.15) is 0 Å². The zero-order valence-electron chi connectivity index (χ0n) is 10.4. The smallest absolute Gasteiger partial charge is 0.166 e. The van der Waals surface area contributed by atoms with Gasteiger partial charge in [0.2, 0.25) is 0 Å². The fourth-order valence-corrected chi connectivity index (χ4v) is 3.34. The van der Waals surface area contributed by atoms with Gasteiger partial charge in [-0.2, -0.15) is 0 Å². The molecule has 0 aliphatic carbocycles. The maximum Gasteiger partial charge on any atom is 0.166 e. The number of benzene rings is 1. The van der Waals surface area contributed by atoms with Crippen molar-refractivity contribution < 1.29 is 4.74 Å². The Balaban J connectivity index is 1.92. The van der Waals surface area contributed by atoms with E-state index in [2.05, 4.69) is 34.9 Å². The fourth-order valence-electron chi connectivity index (χ4n) is 1.97. The number of thioether (sulfide) groups is 1. The predicted molar refractivity (Wildman–Crippen MR) is 80.1 cm³/mol. The minimum Gasteiger partial charge on any atom is -0.383 e. The summed E-state index contributed by atoms with van der Waals surface area (Å²) < 4.78 is 4.99. The average molecular weight is 282 g/mol. The van der Waals surface area contributed by atoms with Crippen molar-refractivity contribution in [1.29, 1.82) is 0 Å². The Morgan fingerprint density at radius 2 is 2.33 bits per heavy atom. The molecular weight excluding hydrogens is 264 g/mol. The molecule has 0 aromatic heterocycles. The molecule has 0 saturated heterocycles. The predicted octanol–water partition coefficient (Wildman–Crippen LogP) is 2.33. The Morgan fingerprint density at radius 1 is 1.50 bits per heavy atom. The van der Waals surface area contributed by atoms with Crippen molar-refractivity contribution in [2.24, 2.45) is 0 Å². The molecule has 1 aromatic rings. The lowest BCUT2D eigenvalue weighted by molar-refractivity contribution is 0.204. The van der Waals surface area contributed by atoms with Crippen molar-refractivity contribution in [3.05, 3.63) is 29.8 Å². The van der Waals surface area contributed by atoms with E-state index in [1.165, 1.54) is 10.5 Å². The summed E-state index contributed by atoms with van der Waals surface area (Å²) in [6.07, 6.45) is 1.10. The first-order chi connectivity index (χ1) is 8.81. The zero-order chi connectivity index (χ0) is 12.8. The van der Waals surface area contributed by atoms with Gasteiger partial charge in [0.15, 0.2) is 5.11 Å². The third-order valence-corrected chi connectivity index (χ3v) is 4.24. The van der Waals surface area contributed by atoms with Crippen LogP contribution in [0.15, 0.2) is 29.2 Å². The van der Waals surface area contributed by atoms with Gasteiger partial charge in [-0.15, -0.1) is 11.8 Å². The third kappa shape index (κ3) is 3.60. The summed E-state index contributed by atoms with van der Waals surface area (Å²) in [5, 5.41) is 7.24. The summed E-state index contributed by atoms with van der Waals surface area (Å²) in [7, 11) is 1.69. The Kier molecular flexibility index (Phi) is 5.28. The first-order valence-corrected chi connectivity index (χ1v) is 7.45. The SMILES string of the molecule is COCCNC(=S)N[C@@H]1CCSc2ccccc21. The summed E-state index contributed by atoms with van der Waals surface area (Å²) in [4.78, 5) is 1.36. The number of fused-ring (bicyclic) bond motifs is 1. The van der Waals surface area contributed by atoms with Gasteiger partial charge in [0.25, 0.3) is 0 Å². The molecule has 1 aromatic carbocycles. The van der Waals surface area contributed by atoms with Crippen LogP contribution >= 0.6 is 24.0 Å². The van der Waals surface area contributed by atoms with Gasteiger partial charge in [-0.25, -0.2) is 0 Å². The van der Waals surface area contributed by atoms with Crippen molar-refractivity contribution in [3.8, 4) is 0 Å². The molecule has 0 unspecified atom stereocenters. The number of thiocarbonyl (C=S) groups is 1. The fraction of sp³-hybridized carbons (Fsp3) is 0.462. The van der Waals surface area contributed by atoms with Gasteiger partial charge in [0.05, 0.1) is 12.6 Å². The molecule has 0 spiro atoms. The highest BCUT2D eigenvalue weighted by atomic mass is 32.2. The minimum atomic E-state index is 0.324. The summed E-state index contributed by atoms with van der Waals surface area (Å²) in [6, 6.07) is 8.85. The summed E-state index contributed by atoms with van der Waals surface area (Å²) in [5.41, 5.74) is 1.35. The molecule has 98 valence electrons. The molecule has 0 fully saturated rings. The lowest BCUT2D eigenvalue weighted by atomic mass is 10.0. The Bertz CT molecular complexity index is 412. The number of hydrogen-bond donors (Lipinski definition) is 2. The van der Waals surface area contributed by atoms with E-state index in [0.717, 1.165) is 18.7 Å². The van der Waals surface area contributed by atoms with Crippen LogP contribution in [0.25, 0.3) is 0 Å². The van der Waals surface area contributed by atoms with E-state index in [1.54, 1.807) is 7.11 Å². The van der Waals surface area contributed by atoms with Gasteiger partial charge in [-0.05, 0) is 30.3 Å². The highest BCUT2D eigenvalue weighted by molar-refractivity contribution is 7.99. The van der Waals surface area contributed by atoms with Crippen molar-refractivity contribution in [3.63, 3.8) is 0 Å². The van der Waals surface area contributed by atoms with Crippen LogP contribution in [0.4, 0.5) is 0 Å². The molecule has 1 aliphatic rings. The van der Waals surface area contributed by atoms with E-state index in [4.69, 9.17) is 17.0 Å². The highest BCUT2D eigenvalue weighted by Crippen LogP contribution is 2.35. The second-order valence-corrected chi connectivity index (χ2v) is 5.67. The number of nitrogens with one attached hydrogen (secondary N) is 2. The van der Waals surface area contributed by atoms with E-state index in [0.29, 0.717) is 17.8 Å². The van der Waals surface area contributed by atoms with Crippen LogP contribution in [-0.2, 0) is 4.74 Å². The topological polar surface area (TPSA) is 33.3 Å². The molecule has 2 rings (SSSR count). The largest absolute Gasteiger partial charge is 0.383 e. The van der Waals surface area contributed by atoms with Crippen molar-refractivity contribution in [1.82, 2.24) is 10.6 Å². The zero-order valence-corrected chi connectivity index (χ0v) is 12.1.